The number of hydrogen-bond donors (Lipinski definition) is 0. The third-order valence-corrected chi connectivity index (χ3v) is 4.91. The van der Waals surface area contributed by atoms with Gasteiger partial charge in [0.25, 0.3) is 0 Å². The molecule has 0 aliphatic carbocycles. The third-order valence-electron chi connectivity index (χ3n) is 4.66. The van der Waals surface area contributed by atoms with Gasteiger partial charge in [0.05, 0.1) is 32.3 Å². The average molecular weight is 355 g/mol. The number of hydrogen-bond acceptors (Lipinski definition) is 4. The summed E-state index contributed by atoms with van der Waals surface area (Å²) in [6.07, 6.45) is 4.45. The Hall–Kier alpha value is -0.650. The Kier molecular flexibility index (Phi) is 6.93. The molecule has 3 rings (SSSR count). The molecule has 2 aliphatic heterocycles. The van der Waals surface area contributed by atoms with Crippen LogP contribution < -0.4 is 0 Å². The van der Waals surface area contributed by atoms with Crippen molar-refractivity contribution < 1.29 is 18.9 Å². The fourth-order valence-electron chi connectivity index (χ4n) is 3.17. The predicted octanol–water partition coefficient (Wildman–Crippen LogP) is 4.57. The molecule has 0 N–H and O–H groups in total. The zero-order valence-electron chi connectivity index (χ0n) is 14.3. The van der Waals surface area contributed by atoms with Crippen LogP contribution in [0.25, 0.3) is 0 Å². The minimum Gasteiger partial charge on any atom is -0.352 e. The van der Waals surface area contributed by atoms with E-state index in [9.17, 15) is 0 Å². The zero-order chi connectivity index (χ0) is 16.8. The van der Waals surface area contributed by atoms with E-state index in [4.69, 9.17) is 30.5 Å². The summed E-state index contributed by atoms with van der Waals surface area (Å²) in [6, 6.07) is 7.56. The number of halogens is 1. The molecule has 4 nitrogen and oxygen atoms in total. The van der Waals surface area contributed by atoms with Crippen molar-refractivity contribution >= 4 is 11.6 Å². The summed E-state index contributed by atoms with van der Waals surface area (Å²) in [4.78, 5) is 0. The van der Waals surface area contributed by atoms with Gasteiger partial charge in [-0.15, -0.1) is 0 Å². The molecule has 24 heavy (non-hydrogen) atoms. The summed E-state index contributed by atoms with van der Waals surface area (Å²) in [7, 11) is 0. The predicted molar refractivity (Wildman–Crippen MR) is 92.9 cm³/mol. The van der Waals surface area contributed by atoms with Crippen molar-refractivity contribution in [3.05, 3.63) is 34.9 Å². The first kappa shape index (κ1) is 18.2. The van der Waals surface area contributed by atoms with E-state index in [1.54, 1.807) is 0 Å². The molecule has 0 aromatic heterocycles. The summed E-state index contributed by atoms with van der Waals surface area (Å²) in [5.41, 5.74) is 0.985. The normalized spacial score (nSPS) is 31.1. The molecule has 0 bridgehead atoms. The summed E-state index contributed by atoms with van der Waals surface area (Å²) in [6.45, 7) is 4.96. The van der Waals surface area contributed by atoms with Gasteiger partial charge < -0.3 is 18.9 Å². The first-order chi connectivity index (χ1) is 11.8. The molecule has 0 atom stereocenters. The molecule has 0 amide bonds. The molecule has 5 heteroatoms. The highest BCUT2D eigenvalue weighted by atomic mass is 35.5. The maximum Gasteiger partial charge on any atom is 0.183 e. The Morgan fingerprint density at radius 3 is 2.21 bits per heavy atom. The summed E-state index contributed by atoms with van der Waals surface area (Å²) < 4.78 is 23.5. The number of unbranched alkanes of at least 4 members (excludes halogenated alkanes) is 2. The van der Waals surface area contributed by atoms with Gasteiger partial charge in [-0.05, 0) is 18.6 Å². The topological polar surface area (TPSA) is 36.9 Å². The number of ether oxygens (including phenoxy) is 4. The first-order valence-corrected chi connectivity index (χ1v) is 9.36. The molecule has 1 aromatic rings. The van der Waals surface area contributed by atoms with Crippen LogP contribution in [-0.2, 0) is 18.9 Å². The largest absolute Gasteiger partial charge is 0.352 e. The molecule has 134 valence electrons. The fraction of sp³-hybridized carbons (Fsp3) is 0.684. The molecule has 2 saturated heterocycles. The van der Waals surface area contributed by atoms with Crippen LogP contribution in [0.1, 0.15) is 44.5 Å². The molecule has 0 spiro atoms. The lowest BCUT2D eigenvalue weighted by atomic mass is 10.0. The van der Waals surface area contributed by atoms with Gasteiger partial charge >= 0.3 is 0 Å². The van der Waals surface area contributed by atoms with Crippen molar-refractivity contribution in [3.8, 4) is 0 Å². The van der Waals surface area contributed by atoms with Gasteiger partial charge in [0.1, 0.15) is 0 Å². The van der Waals surface area contributed by atoms with Gasteiger partial charge in [-0.3, -0.25) is 0 Å². The molecular formula is C19H27ClO4. The van der Waals surface area contributed by atoms with Gasteiger partial charge in [-0.25, -0.2) is 0 Å². The standard InChI is InChI=1S/C19H27ClO4/c1-2-3-4-5-14-10-21-19(22-11-14)16-12-23-18(24-13-16)15-6-8-17(20)9-7-15/h6-9,14,16,18-19H,2-5,10-13H2,1H3/t14-,16-,18-,19-. The van der Waals surface area contributed by atoms with E-state index in [2.05, 4.69) is 6.92 Å². The molecule has 1 aromatic carbocycles. The van der Waals surface area contributed by atoms with Crippen molar-refractivity contribution in [3.63, 3.8) is 0 Å². The Morgan fingerprint density at radius 1 is 0.917 bits per heavy atom. The van der Waals surface area contributed by atoms with Crippen LogP contribution in [0.4, 0.5) is 0 Å². The van der Waals surface area contributed by atoms with Crippen LogP contribution in [0, 0.1) is 11.8 Å². The Bertz CT molecular complexity index is 477. The van der Waals surface area contributed by atoms with E-state index in [0.29, 0.717) is 24.2 Å². The van der Waals surface area contributed by atoms with Crippen molar-refractivity contribution in [2.75, 3.05) is 26.4 Å². The van der Waals surface area contributed by atoms with Crippen molar-refractivity contribution in [1.29, 1.82) is 0 Å². The van der Waals surface area contributed by atoms with E-state index in [-0.39, 0.29) is 18.5 Å². The highest BCUT2D eigenvalue weighted by molar-refractivity contribution is 6.30. The minimum absolute atomic E-state index is 0.130. The van der Waals surface area contributed by atoms with Crippen molar-refractivity contribution in [2.45, 2.75) is 45.2 Å². The summed E-state index contributed by atoms with van der Waals surface area (Å²) in [5.74, 6) is 0.658. The molecular weight excluding hydrogens is 328 g/mol. The molecule has 0 radical (unpaired) electrons. The quantitative estimate of drug-likeness (QED) is 0.701. The number of benzene rings is 1. The molecule has 0 saturated carbocycles. The Balaban J connectivity index is 1.40. The molecule has 2 heterocycles. The van der Waals surface area contributed by atoms with E-state index in [1.807, 2.05) is 24.3 Å². The van der Waals surface area contributed by atoms with E-state index in [1.165, 1.54) is 25.7 Å². The lowest BCUT2D eigenvalue weighted by Crippen LogP contribution is -2.43. The summed E-state index contributed by atoms with van der Waals surface area (Å²) >= 11 is 5.91. The van der Waals surface area contributed by atoms with Crippen molar-refractivity contribution in [2.24, 2.45) is 11.8 Å². The van der Waals surface area contributed by atoms with Crippen LogP contribution in [0.15, 0.2) is 24.3 Å². The minimum atomic E-state index is -0.330. The smallest absolute Gasteiger partial charge is 0.183 e. The van der Waals surface area contributed by atoms with Gasteiger partial charge in [0.15, 0.2) is 12.6 Å². The van der Waals surface area contributed by atoms with Crippen LogP contribution in [0.3, 0.4) is 0 Å². The molecule has 0 unspecified atom stereocenters. The maximum atomic E-state index is 5.92. The second-order valence-corrected chi connectivity index (χ2v) is 7.14. The van der Waals surface area contributed by atoms with Crippen molar-refractivity contribution in [1.82, 2.24) is 0 Å². The van der Waals surface area contributed by atoms with Crippen LogP contribution in [-0.4, -0.2) is 32.7 Å². The lowest BCUT2D eigenvalue weighted by molar-refractivity contribution is -0.283. The average Bonchev–Trinajstić information content (AvgIpc) is 2.63. The highest BCUT2D eigenvalue weighted by Gasteiger charge is 2.33. The third kappa shape index (κ3) is 4.93. The number of rotatable bonds is 6. The second kappa shape index (κ2) is 9.16. The molecule has 2 aliphatic rings. The van der Waals surface area contributed by atoms with Crippen LogP contribution >= 0.6 is 11.6 Å². The van der Waals surface area contributed by atoms with E-state index >= 15 is 0 Å². The molecule has 2 fully saturated rings. The van der Waals surface area contributed by atoms with Gasteiger partial charge in [0.2, 0.25) is 0 Å². The van der Waals surface area contributed by atoms with Crippen LogP contribution in [0.2, 0.25) is 5.02 Å². The SMILES string of the molecule is CCCCC[C@H]1CO[C@H]([C@H]2CO[C@H](c3ccc(Cl)cc3)OC2)OC1. The zero-order valence-corrected chi connectivity index (χ0v) is 15.0. The maximum absolute atomic E-state index is 5.92. The monoisotopic (exact) mass is 354 g/mol. The van der Waals surface area contributed by atoms with Gasteiger partial charge in [-0.1, -0.05) is 49.9 Å². The fourth-order valence-corrected chi connectivity index (χ4v) is 3.29. The summed E-state index contributed by atoms with van der Waals surface area (Å²) in [5, 5.41) is 0.713. The Morgan fingerprint density at radius 2 is 1.58 bits per heavy atom. The van der Waals surface area contributed by atoms with Gasteiger partial charge in [0, 0.05) is 16.5 Å². The first-order valence-electron chi connectivity index (χ1n) is 8.98. The Labute approximate surface area is 149 Å². The van der Waals surface area contributed by atoms with E-state index < -0.39 is 0 Å². The van der Waals surface area contributed by atoms with Crippen LogP contribution in [0.5, 0.6) is 0 Å². The van der Waals surface area contributed by atoms with Gasteiger partial charge in [-0.2, -0.15) is 0 Å². The lowest BCUT2D eigenvalue weighted by Gasteiger charge is -2.37. The second-order valence-electron chi connectivity index (χ2n) is 6.71. The van der Waals surface area contributed by atoms with E-state index in [0.717, 1.165) is 18.8 Å². The highest BCUT2D eigenvalue weighted by Crippen LogP contribution is 2.30.